The maximum absolute atomic E-state index is 4.78. The fourth-order valence-corrected chi connectivity index (χ4v) is 2.73. The average Bonchev–Trinajstić information content (AvgIpc) is 2.86. The number of pyridine rings is 1. The first kappa shape index (κ1) is 14.3. The zero-order valence-electron chi connectivity index (χ0n) is 12.5. The summed E-state index contributed by atoms with van der Waals surface area (Å²) in [5.74, 6) is 2.02. The van der Waals surface area contributed by atoms with Crippen molar-refractivity contribution in [1.29, 1.82) is 0 Å². The summed E-state index contributed by atoms with van der Waals surface area (Å²) in [5.41, 5.74) is 1.14. The predicted molar refractivity (Wildman–Crippen MR) is 81.4 cm³/mol. The third-order valence-corrected chi connectivity index (χ3v) is 3.79. The van der Waals surface area contributed by atoms with Gasteiger partial charge < -0.3 is 10.2 Å². The molecular formula is C16H27N3. The normalized spacial score (nSPS) is 19.4. The van der Waals surface area contributed by atoms with E-state index in [1.165, 1.54) is 32.4 Å². The van der Waals surface area contributed by atoms with Crippen molar-refractivity contribution in [3.8, 4) is 0 Å². The molecule has 3 heteroatoms. The van der Waals surface area contributed by atoms with Gasteiger partial charge in [0.05, 0.1) is 5.69 Å². The Morgan fingerprint density at radius 2 is 2.26 bits per heavy atom. The molecule has 106 valence electrons. The van der Waals surface area contributed by atoms with Crippen LogP contribution in [-0.4, -0.2) is 24.1 Å². The van der Waals surface area contributed by atoms with Crippen molar-refractivity contribution in [2.24, 2.45) is 5.92 Å². The van der Waals surface area contributed by atoms with Gasteiger partial charge in [-0.05, 0) is 30.9 Å². The van der Waals surface area contributed by atoms with Crippen molar-refractivity contribution in [1.82, 2.24) is 10.3 Å². The van der Waals surface area contributed by atoms with Crippen LogP contribution >= 0.6 is 0 Å². The van der Waals surface area contributed by atoms with Gasteiger partial charge in [-0.15, -0.1) is 0 Å². The number of nitrogens with one attached hydrogen (secondary N) is 1. The van der Waals surface area contributed by atoms with Gasteiger partial charge in [-0.3, -0.25) is 0 Å². The molecule has 1 aromatic heterocycles. The first-order chi connectivity index (χ1) is 9.19. The highest BCUT2D eigenvalue weighted by Crippen LogP contribution is 2.25. The maximum atomic E-state index is 4.78. The quantitative estimate of drug-likeness (QED) is 0.852. The summed E-state index contributed by atoms with van der Waals surface area (Å²) in [4.78, 5) is 7.23. The number of rotatable bonds is 6. The van der Waals surface area contributed by atoms with E-state index >= 15 is 0 Å². The van der Waals surface area contributed by atoms with E-state index in [-0.39, 0.29) is 0 Å². The molecule has 1 fully saturated rings. The second kappa shape index (κ2) is 6.90. The highest BCUT2D eigenvalue weighted by Gasteiger charge is 2.22. The molecule has 1 unspecified atom stereocenters. The first-order valence-corrected chi connectivity index (χ1v) is 7.63. The lowest BCUT2D eigenvalue weighted by Crippen LogP contribution is -2.24. The number of hydrogen-bond acceptors (Lipinski definition) is 3. The summed E-state index contributed by atoms with van der Waals surface area (Å²) in [6.45, 7) is 9.82. The monoisotopic (exact) mass is 261 g/mol. The van der Waals surface area contributed by atoms with Crippen molar-refractivity contribution < 1.29 is 0 Å². The first-order valence-electron chi connectivity index (χ1n) is 7.63. The van der Waals surface area contributed by atoms with Crippen molar-refractivity contribution in [2.75, 3.05) is 18.0 Å². The van der Waals surface area contributed by atoms with Gasteiger partial charge in [0.1, 0.15) is 5.82 Å². The molecule has 1 aliphatic rings. The molecule has 2 rings (SSSR count). The van der Waals surface area contributed by atoms with Crippen molar-refractivity contribution in [2.45, 2.75) is 52.6 Å². The van der Waals surface area contributed by atoms with E-state index in [1.54, 1.807) is 0 Å². The van der Waals surface area contributed by atoms with Gasteiger partial charge in [-0.25, -0.2) is 4.98 Å². The number of aromatic nitrogens is 1. The molecule has 0 saturated carbocycles. The van der Waals surface area contributed by atoms with E-state index in [1.807, 2.05) is 0 Å². The largest absolute Gasteiger partial charge is 0.356 e. The molecule has 2 heterocycles. The van der Waals surface area contributed by atoms with E-state index < -0.39 is 0 Å². The lowest BCUT2D eigenvalue weighted by molar-refractivity contribution is 0.529. The lowest BCUT2D eigenvalue weighted by Gasteiger charge is -2.18. The minimum absolute atomic E-state index is 0.506. The minimum Gasteiger partial charge on any atom is -0.356 e. The Balaban J connectivity index is 1.95. The number of hydrogen-bond donors (Lipinski definition) is 1. The third kappa shape index (κ3) is 4.20. The van der Waals surface area contributed by atoms with Crippen LogP contribution in [0.5, 0.6) is 0 Å². The predicted octanol–water partition coefficient (Wildman–Crippen LogP) is 3.21. The summed E-state index contributed by atoms with van der Waals surface area (Å²) < 4.78 is 0. The SMILES string of the molecule is CCCC1CCN(c2cccc(CNC(C)C)n2)C1. The van der Waals surface area contributed by atoms with Gasteiger partial charge in [0.15, 0.2) is 0 Å². The van der Waals surface area contributed by atoms with Gasteiger partial charge >= 0.3 is 0 Å². The molecule has 3 nitrogen and oxygen atoms in total. The molecule has 1 aromatic rings. The lowest BCUT2D eigenvalue weighted by atomic mass is 10.0. The van der Waals surface area contributed by atoms with Gasteiger partial charge in [-0.1, -0.05) is 33.3 Å². The molecule has 0 bridgehead atoms. The Morgan fingerprint density at radius 3 is 3.00 bits per heavy atom. The van der Waals surface area contributed by atoms with E-state index in [4.69, 9.17) is 4.98 Å². The zero-order chi connectivity index (χ0) is 13.7. The molecule has 1 N–H and O–H groups in total. The van der Waals surface area contributed by atoms with Gasteiger partial charge in [0.2, 0.25) is 0 Å². The fourth-order valence-electron chi connectivity index (χ4n) is 2.73. The van der Waals surface area contributed by atoms with Gasteiger partial charge in [-0.2, -0.15) is 0 Å². The van der Waals surface area contributed by atoms with Crippen LogP contribution in [0.4, 0.5) is 5.82 Å². The van der Waals surface area contributed by atoms with E-state index in [0.717, 1.165) is 24.0 Å². The summed E-state index contributed by atoms with van der Waals surface area (Å²) in [7, 11) is 0. The van der Waals surface area contributed by atoms with Gasteiger partial charge in [0.25, 0.3) is 0 Å². The van der Waals surface area contributed by atoms with Gasteiger partial charge in [0, 0.05) is 25.7 Å². The van der Waals surface area contributed by atoms with Crippen LogP contribution in [0.2, 0.25) is 0 Å². The van der Waals surface area contributed by atoms with Crippen LogP contribution < -0.4 is 10.2 Å². The summed E-state index contributed by atoms with van der Waals surface area (Å²) in [6.07, 6.45) is 3.97. The van der Waals surface area contributed by atoms with E-state index in [9.17, 15) is 0 Å². The Morgan fingerprint density at radius 1 is 1.42 bits per heavy atom. The third-order valence-electron chi connectivity index (χ3n) is 3.79. The smallest absolute Gasteiger partial charge is 0.128 e. The molecule has 1 aliphatic heterocycles. The number of nitrogens with zero attached hydrogens (tertiary/aromatic N) is 2. The highest BCUT2D eigenvalue weighted by molar-refractivity contribution is 5.40. The van der Waals surface area contributed by atoms with Crippen LogP contribution in [0.1, 0.15) is 45.7 Å². The molecule has 0 aromatic carbocycles. The van der Waals surface area contributed by atoms with Crippen LogP contribution in [0, 0.1) is 5.92 Å². The Labute approximate surface area is 117 Å². The molecule has 0 aliphatic carbocycles. The van der Waals surface area contributed by atoms with Crippen molar-refractivity contribution in [3.63, 3.8) is 0 Å². The second-order valence-electron chi connectivity index (χ2n) is 5.91. The molecule has 0 spiro atoms. The Bertz CT molecular complexity index is 389. The van der Waals surface area contributed by atoms with Crippen molar-refractivity contribution >= 4 is 5.82 Å². The Hall–Kier alpha value is -1.09. The molecule has 0 radical (unpaired) electrons. The summed E-state index contributed by atoms with van der Waals surface area (Å²) in [6, 6.07) is 6.89. The average molecular weight is 261 g/mol. The maximum Gasteiger partial charge on any atom is 0.128 e. The van der Waals surface area contributed by atoms with Crippen LogP contribution in [0.25, 0.3) is 0 Å². The second-order valence-corrected chi connectivity index (χ2v) is 5.91. The van der Waals surface area contributed by atoms with E-state index in [2.05, 4.69) is 49.2 Å². The van der Waals surface area contributed by atoms with E-state index in [0.29, 0.717) is 6.04 Å². The standard InChI is InChI=1S/C16H27N3/c1-4-6-14-9-10-19(12-14)16-8-5-7-15(18-16)11-17-13(2)3/h5,7-8,13-14,17H,4,6,9-12H2,1-3H3. The highest BCUT2D eigenvalue weighted by atomic mass is 15.2. The fraction of sp³-hybridized carbons (Fsp3) is 0.688. The summed E-state index contributed by atoms with van der Waals surface area (Å²) >= 11 is 0. The molecule has 1 saturated heterocycles. The Kier molecular flexibility index (Phi) is 5.20. The zero-order valence-corrected chi connectivity index (χ0v) is 12.5. The molecule has 19 heavy (non-hydrogen) atoms. The van der Waals surface area contributed by atoms with Crippen LogP contribution in [-0.2, 0) is 6.54 Å². The van der Waals surface area contributed by atoms with Crippen LogP contribution in [0.3, 0.4) is 0 Å². The van der Waals surface area contributed by atoms with Crippen LogP contribution in [0.15, 0.2) is 18.2 Å². The number of anilines is 1. The van der Waals surface area contributed by atoms with Crippen molar-refractivity contribution in [3.05, 3.63) is 23.9 Å². The molecule has 1 atom stereocenters. The minimum atomic E-state index is 0.506. The molecular weight excluding hydrogens is 234 g/mol. The summed E-state index contributed by atoms with van der Waals surface area (Å²) in [5, 5.41) is 3.43. The molecule has 0 amide bonds. The topological polar surface area (TPSA) is 28.2 Å².